The summed E-state index contributed by atoms with van der Waals surface area (Å²) >= 11 is 0. The predicted molar refractivity (Wildman–Crippen MR) is 75.7 cm³/mol. The smallest absolute Gasteiger partial charge is 0.244 e. The second kappa shape index (κ2) is 6.04. The molecule has 0 radical (unpaired) electrons. The van der Waals surface area contributed by atoms with Crippen LogP contribution >= 0.6 is 0 Å². The van der Waals surface area contributed by atoms with Gasteiger partial charge in [-0.1, -0.05) is 13.0 Å². The maximum atomic E-state index is 11.9. The average molecular weight is 258 g/mol. The fourth-order valence-electron chi connectivity index (χ4n) is 1.91. The van der Waals surface area contributed by atoms with Crippen LogP contribution in [0.15, 0.2) is 36.7 Å². The Morgan fingerprint density at radius 1 is 1.47 bits per heavy atom. The molecule has 0 fully saturated rings. The van der Waals surface area contributed by atoms with E-state index < -0.39 is 0 Å². The first-order chi connectivity index (χ1) is 9.19. The van der Waals surface area contributed by atoms with Gasteiger partial charge in [0.1, 0.15) is 12.4 Å². The minimum atomic E-state index is -0.0825. The van der Waals surface area contributed by atoms with Crippen molar-refractivity contribution >= 4 is 17.3 Å². The summed E-state index contributed by atoms with van der Waals surface area (Å²) in [7, 11) is 0. The van der Waals surface area contributed by atoms with Gasteiger partial charge >= 0.3 is 0 Å². The lowest BCUT2D eigenvalue weighted by molar-refractivity contribution is -0.116. The number of rotatable bonds is 5. The standard InChI is InChI=1S/C14H18N4O/c1-2-4-13-16-7-8-18(13)10-14(19)17-12-6-3-5-11(15)9-12/h3,5-9H,2,4,10,15H2,1H3,(H,17,19). The molecule has 3 N–H and O–H groups in total. The average Bonchev–Trinajstić information content (AvgIpc) is 2.77. The molecule has 0 unspecified atom stereocenters. The second-order valence-corrected chi connectivity index (χ2v) is 4.40. The van der Waals surface area contributed by atoms with Crippen LogP contribution in [-0.4, -0.2) is 15.5 Å². The number of benzene rings is 1. The van der Waals surface area contributed by atoms with Crippen molar-refractivity contribution in [1.82, 2.24) is 9.55 Å². The van der Waals surface area contributed by atoms with Crippen molar-refractivity contribution in [2.45, 2.75) is 26.3 Å². The van der Waals surface area contributed by atoms with E-state index in [0.717, 1.165) is 18.7 Å². The van der Waals surface area contributed by atoms with Crippen LogP contribution in [0, 0.1) is 0 Å². The summed E-state index contributed by atoms with van der Waals surface area (Å²) in [4.78, 5) is 16.2. The third kappa shape index (κ3) is 3.58. The highest BCUT2D eigenvalue weighted by Crippen LogP contribution is 2.12. The number of anilines is 2. The topological polar surface area (TPSA) is 72.9 Å². The summed E-state index contributed by atoms with van der Waals surface area (Å²) in [5.74, 6) is 0.853. The molecule has 0 saturated carbocycles. The van der Waals surface area contributed by atoms with E-state index in [1.54, 1.807) is 18.3 Å². The van der Waals surface area contributed by atoms with Gasteiger partial charge in [0.25, 0.3) is 0 Å². The van der Waals surface area contributed by atoms with Gasteiger partial charge < -0.3 is 15.6 Å². The number of nitrogens with zero attached hydrogens (tertiary/aromatic N) is 2. The largest absolute Gasteiger partial charge is 0.399 e. The summed E-state index contributed by atoms with van der Waals surface area (Å²) in [6.45, 7) is 2.36. The number of nitrogens with two attached hydrogens (primary N) is 1. The summed E-state index contributed by atoms with van der Waals surface area (Å²) in [5, 5.41) is 2.82. The summed E-state index contributed by atoms with van der Waals surface area (Å²) < 4.78 is 1.87. The lowest BCUT2D eigenvalue weighted by Crippen LogP contribution is -2.19. The van der Waals surface area contributed by atoms with Crippen molar-refractivity contribution < 1.29 is 4.79 Å². The first-order valence-corrected chi connectivity index (χ1v) is 6.34. The maximum Gasteiger partial charge on any atom is 0.244 e. The predicted octanol–water partition coefficient (Wildman–Crippen LogP) is 2.06. The van der Waals surface area contributed by atoms with E-state index in [-0.39, 0.29) is 12.5 Å². The fraction of sp³-hybridized carbons (Fsp3) is 0.286. The molecule has 1 aromatic carbocycles. The van der Waals surface area contributed by atoms with Crippen molar-refractivity contribution in [3.8, 4) is 0 Å². The molecule has 19 heavy (non-hydrogen) atoms. The highest BCUT2D eigenvalue weighted by molar-refractivity contribution is 5.91. The van der Waals surface area contributed by atoms with Crippen molar-refractivity contribution in [2.24, 2.45) is 0 Å². The summed E-state index contributed by atoms with van der Waals surface area (Å²) in [6, 6.07) is 7.14. The number of carbonyl (C=O) groups excluding carboxylic acids is 1. The Bertz CT molecular complexity index is 562. The van der Waals surface area contributed by atoms with Gasteiger partial charge in [0.15, 0.2) is 0 Å². The molecule has 1 amide bonds. The van der Waals surface area contributed by atoms with Gasteiger partial charge in [-0.3, -0.25) is 4.79 Å². The van der Waals surface area contributed by atoms with Crippen LogP contribution in [0.5, 0.6) is 0 Å². The zero-order chi connectivity index (χ0) is 13.7. The summed E-state index contributed by atoms with van der Waals surface area (Å²) in [5.41, 5.74) is 7.01. The van der Waals surface area contributed by atoms with Crippen LogP contribution in [0.25, 0.3) is 0 Å². The van der Waals surface area contributed by atoms with E-state index in [1.165, 1.54) is 0 Å². The number of aromatic nitrogens is 2. The third-order valence-corrected chi connectivity index (χ3v) is 2.76. The summed E-state index contributed by atoms with van der Waals surface area (Å²) in [6.07, 6.45) is 5.43. The Morgan fingerprint density at radius 3 is 3.05 bits per heavy atom. The molecule has 1 heterocycles. The van der Waals surface area contributed by atoms with Gasteiger partial charge in [-0.25, -0.2) is 4.98 Å². The molecule has 0 atom stereocenters. The SMILES string of the molecule is CCCc1nccn1CC(=O)Nc1cccc(N)c1. The molecule has 0 saturated heterocycles. The molecule has 0 bridgehead atoms. The minimum Gasteiger partial charge on any atom is -0.399 e. The van der Waals surface area contributed by atoms with Crippen LogP contribution in [0.3, 0.4) is 0 Å². The molecule has 5 nitrogen and oxygen atoms in total. The van der Waals surface area contributed by atoms with Gasteiger partial charge in [0.05, 0.1) is 0 Å². The highest BCUT2D eigenvalue weighted by atomic mass is 16.1. The molecule has 0 aliphatic heterocycles. The fourth-order valence-corrected chi connectivity index (χ4v) is 1.91. The third-order valence-electron chi connectivity index (χ3n) is 2.76. The van der Waals surface area contributed by atoms with Crippen molar-refractivity contribution in [3.05, 3.63) is 42.5 Å². The number of nitrogens with one attached hydrogen (secondary N) is 1. The number of carbonyl (C=O) groups is 1. The van der Waals surface area contributed by atoms with Gasteiger partial charge in [0, 0.05) is 30.2 Å². The zero-order valence-corrected chi connectivity index (χ0v) is 11.0. The molecule has 5 heteroatoms. The molecule has 1 aromatic heterocycles. The Hall–Kier alpha value is -2.30. The van der Waals surface area contributed by atoms with Gasteiger partial charge in [0.2, 0.25) is 5.91 Å². The van der Waals surface area contributed by atoms with E-state index in [4.69, 9.17) is 5.73 Å². The van der Waals surface area contributed by atoms with Gasteiger partial charge in [-0.2, -0.15) is 0 Å². The van der Waals surface area contributed by atoms with Crippen molar-refractivity contribution in [1.29, 1.82) is 0 Å². The Labute approximate surface area is 112 Å². The number of hydrogen-bond donors (Lipinski definition) is 2. The van der Waals surface area contributed by atoms with Gasteiger partial charge in [-0.15, -0.1) is 0 Å². The maximum absolute atomic E-state index is 11.9. The van der Waals surface area contributed by atoms with E-state index in [2.05, 4.69) is 17.2 Å². The molecule has 0 spiro atoms. The number of nitrogen functional groups attached to an aromatic ring is 1. The van der Waals surface area contributed by atoms with E-state index >= 15 is 0 Å². The monoisotopic (exact) mass is 258 g/mol. The Balaban J connectivity index is 1.99. The molecule has 2 aromatic rings. The lowest BCUT2D eigenvalue weighted by atomic mass is 10.3. The Kier molecular flexibility index (Phi) is 4.18. The number of amides is 1. The van der Waals surface area contributed by atoms with Crippen molar-refractivity contribution in [3.63, 3.8) is 0 Å². The molecular formula is C14H18N4O. The quantitative estimate of drug-likeness (QED) is 0.806. The zero-order valence-electron chi connectivity index (χ0n) is 11.0. The number of imidazole rings is 1. The first kappa shape index (κ1) is 13.1. The number of aryl methyl sites for hydroxylation is 1. The van der Waals surface area contributed by atoms with Crippen LogP contribution in [0.1, 0.15) is 19.2 Å². The molecule has 0 aliphatic carbocycles. The van der Waals surface area contributed by atoms with Crippen LogP contribution < -0.4 is 11.1 Å². The minimum absolute atomic E-state index is 0.0825. The van der Waals surface area contributed by atoms with Crippen LogP contribution in [0.2, 0.25) is 0 Å². The Morgan fingerprint density at radius 2 is 2.32 bits per heavy atom. The second-order valence-electron chi connectivity index (χ2n) is 4.40. The van der Waals surface area contributed by atoms with Crippen molar-refractivity contribution in [2.75, 3.05) is 11.1 Å². The highest BCUT2D eigenvalue weighted by Gasteiger charge is 2.07. The van der Waals surface area contributed by atoms with E-state index in [9.17, 15) is 4.79 Å². The van der Waals surface area contributed by atoms with E-state index in [0.29, 0.717) is 11.4 Å². The van der Waals surface area contributed by atoms with Gasteiger partial charge in [-0.05, 0) is 24.6 Å². The van der Waals surface area contributed by atoms with E-state index in [1.807, 2.05) is 22.9 Å². The van der Waals surface area contributed by atoms with Crippen LogP contribution in [-0.2, 0) is 17.8 Å². The normalized spacial score (nSPS) is 10.4. The number of hydrogen-bond acceptors (Lipinski definition) is 3. The molecular weight excluding hydrogens is 240 g/mol. The molecule has 100 valence electrons. The van der Waals surface area contributed by atoms with Crippen LogP contribution in [0.4, 0.5) is 11.4 Å². The first-order valence-electron chi connectivity index (χ1n) is 6.34. The molecule has 0 aliphatic rings. The molecule has 2 rings (SSSR count). The lowest BCUT2D eigenvalue weighted by Gasteiger charge is -2.08.